The lowest BCUT2D eigenvalue weighted by Gasteiger charge is -2.34. The van der Waals surface area contributed by atoms with Gasteiger partial charge in [0, 0.05) is 31.5 Å². The van der Waals surface area contributed by atoms with Gasteiger partial charge in [-0.25, -0.2) is 14.6 Å². The molecule has 0 atom stereocenters. The van der Waals surface area contributed by atoms with Crippen LogP contribution in [0.1, 0.15) is 55.4 Å². The van der Waals surface area contributed by atoms with Gasteiger partial charge in [0.25, 0.3) is 0 Å². The summed E-state index contributed by atoms with van der Waals surface area (Å²) in [6.07, 6.45) is 0.873. The summed E-state index contributed by atoms with van der Waals surface area (Å²) in [6, 6.07) is 1.72. The number of carbonyl (C=O) groups excluding carboxylic acids is 2. The Hall–Kier alpha value is -2.77. The van der Waals surface area contributed by atoms with Crippen LogP contribution in [0.3, 0.4) is 0 Å². The minimum absolute atomic E-state index is 0.117. The number of amides is 1. The third-order valence-electron chi connectivity index (χ3n) is 4.86. The standard InChI is InChI=1S/C21H29N3O5/c1-12-17-16(22-13(2)23-17)11-15(19(25)27-6)18(12)28-14-7-9-24(10-8-14)20(26)29-21(3,4)5/h11,14H,7-10H2,1-6H3,(H,22,23). The molecule has 1 N–H and O–H groups in total. The van der Waals surface area contributed by atoms with E-state index in [1.165, 1.54) is 7.11 Å². The molecule has 8 nitrogen and oxygen atoms in total. The highest BCUT2D eigenvalue weighted by Gasteiger charge is 2.29. The topological polar surface area (TPSA) is 93.8 Å². The van der Waals surface area contributed by atoms with E-state index < -0.39 is 11.6 Å². The molecule has 1 amide bonds. The zero-order valence-corrected chi connectivity index (χ0v) is 17.9. The molecule has 29 heavy (non-hydrogen) atoms. The fourth-order valence-corrected chi connectivity index (χ4v) is 3.48. The maximum atomic E-state index is 12.3. The Labute approximate surface area is 170 Å². The van der Waals surface area contributed by atoms with Crippen LogP contribution in [0.4, 0.5) is 4.79 Å². The Morgan fingerprint density at radius 3 is 2.45 bits per heavy atom. The summed E-state index contributed by atoms with van der Waals surface area (Å²) in [5, 5.41) is 0. The Morgan fingerprint density at radius 1 is 1.21 bits per heavy atom. The van der Waals surface area contributed by atoms with E-state index in [0.29, 0.717) is 37.2 Å². The van der Waals surface area contributed by atoms with Crippen LogP contribution in [-0.4, -0.2) is 58.8 Å². The third-order valence-corrected chi connectivity index (χ3v) is 4.86. The molecule has 1 aromatic heterocycles. The number of imidazole rings is 1. The van der Waals surface area contributed by atoms with Crippen LogP contribution in [0.15, 0.2) is 6.07 Å². The molecule has 0 bridgehead atoms. The van der Waals surface area contributed by atoms with Crippen LogP contribution in [0, 0.1) is 13.8 Å². The minimum Gasteiger partial charge on any atom is -0.489 e. The van der Waals surface area contributed by atoms with Crippen LogP contribution >= 0.6 is 0 Å². The lowest BCUT2D eigenvalue weighted by Crippen LogP contribution is -2.44. The van der Waals surface area contributed by atoms with Gasteiger partial charge in [-0.15, -0.1) is 0 Å². The zero-order chi connectivity index (χ0) is 21.3. The molecular weight excluding hydrogens is 374 g/mol. The van der Waals surface area contributed by atoms with E-state index in [9.17, 15) is 9.59 Å². The second-order valence-electron chi connectivity index (χ2n) is 8.37. The summed E-state index contributed by atoms with van der Waals surface area (Å²) in [5.74, 6) is 0.803. The molecule has 1 saturated heterocycles. The molecule has 1 aliphatic rings. The van der Waals surface area contributed by atoms with E-state index >= 15 is 0 Å². The average Bonchev–Trinajstić information content (AvgIpc) is 3.03. The average molecular weight is 403 g/mol. The number of piperidine rings is 1. The second kappa shape index (κ2) is 7.93. The van der Waals surface area contributed by atoms with E-state index in [2.05, 4.69) is 9.97 Å². The van der Waals surface area contributed by atoms with E-state index in [0.717, 1.165) is 22.4 Å². The largest absolute Gasteiger partial charge is 0.489 e. The second-order valence-corrected chi connectivity index (χ2v) is 8.37. The van der Waals surface area contributed by atoms with Crippen molar-refractivity contribution in [3.63, 3.8) is 0 Å². The molecule has 1 aliphatic heterocycles. The minimum atomic E-state index is -0.520. The number of nitrogens with zero attached hydrogens (tertiary/aromatic N) is 2. The highest BCUT2D eigenvalue weighted by molar-refractivity contribution is 5.98. The molecule has 3 rings (SSSR count). The number of H-pyrrole nitrogens is 1. The molecule has 2 aromatic rings. The molecule has 0 radical (unpaired) electrons. The number of nitrogens with one attached hydrogen (secondary N) is 1. The van der Waals surface area contributed by atoms with Gasteiger partial charge in [0.15, 0.2) is 0 Å². The van der Waals surface area contributed by atoms with Gasteiger partial charge < -0.3 is 24.1 Å². The quantitative estimate of drug-likeness (QED) is 0.785. The number of ether oxygens (including phenoxy) is 3. The van der Waals surface area contributed by atoms with Crippen LogP contribution in [0.2, 0.25) is 0 Å². The number of hydrogen-bond donors (Lipinski definition) is 1. The Kier molecular flexibility index (Phi) is 5.73. The SMILES string of the molecule is COC(=O)c1cc2[nH]c(C)nc2c(C)c1OC1CCN(C(=O)OC(C)(C)C)CC1. The van der Waals surface area contributed by atoms with Crippen molar-refractivity contribution in [3.8, 4) is 5.75 Å². The molecule has 0 aliphatic carbocycles. The number of benzene rings is 1. The van der Waals surface area contributed by atoms with Crippen molar-refractivity contribution in [3.05, 3.63) is 23.0 Å². The monoisotopic (exact) mass is 403 g/mol. The first-order chi connectivity index (χ1) is 13.6. The first kappa shape index (κ1) is 21.0. The summed E-state index contributed by atoms with van der Waals surface area (Å²) < 4.78 is 16.6. The number of aryl methyl sites for hydroxylation is 2. The van der Waals surface area contributed by atoms with E-state index in [1.807, 2.05) is 34.6 Å². The van der Waals surface area contributed by atoms with E-state index in [1.54, 1.807) is 11.0 Å². The molecule has 1 aromatic carbocycles. The van der Waals surface area contributed by atoms with Crippen molar-refractivity contribution in [2.75, 3.05) is 20.2 Å². The molecule has 158 valence electrons. The van der Waals surface area contributed by atoms with Crippen LogP contribution in [0.25, 0.3) is 11.0 Å². The molecule has 8 heteroatoms. The number of esters is 1. The first-order valence-corrected chi connectivity index (χ1v) is 9.82. The first-order valence-electron chi connectivity index (χ1n) is 9.82. The van der Waals surface area contributed by atoms with Crippen molar-refractivity contribution < 1.29 is 23.8 Å². The summed E-state index contributed by atoms with van der Waals surface area (Å²) in [7, 11) is 1.35. The van der Waals surface area contributed by atoms with Crippen LogP contribution in [0.5, 0.6) is 5.75 Å². The van der Waals surface area contributed by atoms with Gasteiger partial charge in [0.2, 0.25) is 0 Å². The maximum absolute atomic E-state index is 12.3. The van der Waals surface area contributed by atoms with Crippen LogP contribution < -0.4 is 4.74 Å². The fourth-order valence-electron chi connectivity index (χ4n) is 3.48. The van der Waals surface area contributed by atoms with Gasteiger partial charge in [-0.05, 0) is 40.7 Å². The molecular formula is C21H29N3O5. The van der Waals surface area contributed by atoms with Crippen LogP contribution in [-0.2, 0) is 9.47 Å². The van der Waals surface area contributed by atoms with Crippen molar-refractivity contribution in [1.29, 1.82) is 0 Å². The van der Waals surface area contributed by atoms with E-state index in [-0.39, 0.29) is 12.2 Å². The number of rotatable bonds is 3. The summed E-state index contributed by atoms with van der Waals surface area (Å²) >= 11 is 0. The third kappa shape index (κ3) is 4.63. The fraction of sp³-hybridized carbons (Fsp3) is 0.571. The van der Waals surface area contributed by atoms with Gasteiger partial charge >= 0.3 is 12.1 Å². The maximum Gasteiger partial charge on any atom is 0.410 e. The van der Waals surface area contributed by atoms with Gasteiger partial charge in [-0.1, -0.05) is 0 Å². The number of aromatic amines is 1. The predicted octanol–water partition coefficient (Wildman–Crippen LogP) is 3.74. The number of carbonyl (C=O) groups is 2. The Morgan fingerprint density at radius 2 is 1.86 bits per heavy atom. The molecule has 1 fully saturated rings. The number of aromatic nitrogens is 2. The predicted molar refractivity (Wildman–Crippen MR) is 108 cm³/mol. The van der Waals surface area contributed by atoms with Gasteiger partial charge in [-0.2, -0.15) is 0 Å². The summed E-state index contributed by atoms with van der Waals surface area (Å²) in [5.41, 5.74) is 2.19. The number of likely N-dealkylation sites (tertiary alicyclic amines) is 1. The van der Waals surface area contributed by atoms with Crippen molar-refractivity contribution in [1.82, 2.24) is 14.9 Å². The lowest BCUT2D eigenvalue weighted by atomic mass is 10.1. The van der Waals surface area contributed by atoms with Crippen molar-refractivity contribution in [2.24, 2.45) is 0 Å². The summed E-state index contributed by atoms with van der Waals surface area (Å²) in [4.78, 5) is 34.0. The molecule has 2 heterocycles. The van der Waals surface area contributed by atoms with Gasteiger partial charge in [0.05, 0.1) is 18.1 Å². The molecule has 0 saturated carbocycles. The van der Waals surface area contributed by atoms with Gasteiger partial charge in [0.1, 0.15) is 28.8 Å². The molecule has 0 unspecified atom stereocenters. The summed E-state index contributed by atoms with van der Waals surface area (Å²) in [6.45, 7) is 10.4. The molecule has 0 spiro atoms. The van der Waals surface area contributed by atoms with E-state index in [4.69, 9.17) is 14.2 Å². The van der Waals surface area contributed by atoms with Crippen molar-refractivity contribution >= 4 is 23.1 Å². The number of fused-ring (bicyclic) bond motifs is 1. The van der Waals surface area contributed by atoms with Gasteiger partial charge in [-0.3, -0.25) is 0 Å². The highest BCUT2D eigenvalue weighted by atomic mass is 16.6. The number of hydrogen-bond acceptors (Lipinski definition) is 6. The van der Waals surface area contributed by atoms with Crippen molar-refractivity contribution in [2.45, 2.75) is 59.2 Å². The Bertz CT molecular complexity index is 921. The number of methoxy groups -OCH3 is 1. The normalized spacial score (nSPS) is 15.4. The smallest absolute Gasteiger partial charge is 0.410 e. The zero-order valence-electron chi connectivity index (χ0n) is 17.9. The lowest BCUT2D eigenvalue weighted by molar-refractivity contribution is 0.0125. The highest BCUT2D eigenvalue weighted by Crippen LogP contribution is 2.33. The Balaban J connectivity index is 1.78.